The van der Waals surface area contributed by atoms with Crippen LogP contribution in [0.2, 0.25) is 0 Å². The van der Waals surface area contributed by atoms with Crippen LogP contribution in [-0.4, -0.2) is 120 Å². The van der Waals surface area contributed by atoms with Gasteiger partial charge in [0.2, 0.25) is 0 Å². The van der Waals surface area contributed by atoms with Crippen LogP contribution in [0.1, 0.15) is 0 Å². The molecule has 11 nitrogen and oxygen atoms in total. The van der Waals surface area contributed by atoms with E-state index in [2.05, 4.69) is 5.32 Å². The summed E-state index contributed by atoms with van der Waals surface area (Å²) in [4.78, 5) is 12.3. The van der Waals surface area contributed by atoms with Gasteiger partial charge in [-0.25, -0.2) is 0 Å². The van der Waals surface area contributed by atoms with Gasteiger partial charge in [-0.3, -0.25) is 10.1 Å². The fraction of sp³-hybridized carbons (Fsp3) is 0.929. The number of carbonyl (C=O) groups excluding carboxylic acids is 1. The van der Waals surface area contributed by atoms with Gasteiger partial charge in [-0.05, 0) is 0 Å². The lowest BCUT2D eigenvalue weighted by Gasteiger charge is -2.47. The second kappa shape index (κ2) is 7.88. The van der Waals surface area contributed by atoms with Gasteiger partial charge in [0.1, 0.15) is 24.4 Å². The molecule has 0 aliphatic heterocycles. The normalized spacial score (nSPS) is 51.6. The Kier molecular flexibility index (Phi) is 6.49. The lowest BCUT2D eigenvalue weighted by Crippen LogP contribution is -2.72. The number of Topliss-reactive ketones (excluding diaryl/α,β-unsaturated/α-hetero) is 1. The molecule has 0 saturated heterocycles. The number of hydrogen-bond acceptors (Lipinski definition) is 11. The molecule has 11 atom stereocenters. The molecule has 0 spiro atoms. The Labute approximate surface area is 142 Å². The molecule has 2 fully saturated rings. The van der Waals surface area contributed by atoms with Gasteiger partial charge in [-0.15, -0.1) is 0 Å². The van der Waals surface area contributed by atoms with E-state index in [-0.39, 0.29) is 0 Å². The van der Waals surface area contributed by atoms with Crippen LogP contribution in [0.5, 0.6) is 0 Å². The molecule has 0 radical (unpaired) electrons. The minimum atomic E-state index is -1.80. The molecule has 0 aromatic rings. The van der Waals surface area contributed by atoms with Crippen LogP contribution in [0.25, 0.3) is 0 Å². The number of carbonyl (C=O) groups is 1. The van der Waals surface area contributed by atoms with Crippen molar-refractivity contribution in [3.63, 3.8) is 0 Å². The van der Waals surface area contributed by atoms with Crippen molar-refractivity contribution in [2.24, 2.45) is 11.8 Å². The zero-order valence-corrected chi connectivity index (χ0v) is 13.2. The van der Waals surface area contributed by atoms with Gasteiger partial charge in [-0.2, -0.15) is 0 Å². The Morgan fingerprint density at radius 3 is 1.76 bits per heavy atom. The Morgan fingerprint density at radius 1 is 0.680 bits per heavy atom. The third-order valence-electron chi connectivity index (χ3n) is 5.22. The predicted molar refractivity (Wildman–Crippen MR) is 78.9 cm³/mol. The molecular formula is C14H25NO10. The van der Waals surface area contributed by atoms with E-state index in [1.807, 2.05) is 0 Å². The molecule has 2 saturated carbocycles. The van der Waals surface area contributed by atoms with Crippen molar-refractivity contribution in [1.82, 2.24) is 5.32 Å². The number of aliphatic hydroxyl groups is 9. The van der Waals surface area contributed by atoms with Crippen LogP contribution in [0.4, 0.5) is 0 Å². The van der Waals surface area contributed by atoms with Crippen LogP contribution < -0.4 is 5.32 Å². The molecule has 11 heteroatoms. The number of rotatable bonds is 4. The Balaban J connectivity index is 2.24. The van der Waals surface area contributed by atoms with E-state index in [1.54, 1.807) is 0 Å². The highest BCUT2D eigenvalue weighted by molar-refractivity contribution is 5.89. The van der Waals surface area contributed by atoms with Gasteiger partial charge in [0, 0.05) is 5.92 Å². The van der Waals surface area contributed by atoms with Crippen LogP contribution in [0.15, 0.2) is 0 Å². The number of nitrogens with one attached hydrogen (secondary N) is 1. The van der Waals surface area contributed by atoms with E-state index in [0.29, 0.717) is 0 Å². The summed E-state index contributed by atoms with van der Waals surface area (Å²) in [6.07, 6.45) is -11.9. The lowest BCUT2D eigenvalue weighted by atomic mass is 9.74. The van der Waals surface area contributed by atoms with Gasteiger partial charge < -0.3 is 46.0 Å². The monoisotopic (exact) mass is 367 g/mol. The average molecular weight is 367 g/mol. The Morgan fingerprint density at radius 2 is 1.24 bits per heavy atom. The molecule has 11 unspecified atom stereocenters. The van der Waals surface area contributed by atoms with Crippen molar-refractivity contribution in [2.45, 2.75) is 54.8 Å². The minimum Gasteiger partial charge on any atom is -0.396 e. The summed E-state index contributed by atoms with van der Waals surface area (Å²) in [5.41, 5.74) is 0. The summed E-state index contributed by atoms with van der Waals surface area (Å²) in [5, 5.41) is 90.4. The second-order valence-electron chi connectivity index (χ2n) is 6.64. The highest BCUT2D eigenvalue weighted by Gasteiger charge is 2.53. The maximum absolute atomic E-state index is 12.3. The molecule has 0 aromatic carbocycles. The molecule has 2 aliphatic carbocycles. The number of ketones is 1. The van der Waals surface area contributed by atoms with Crippen LogP contribution in [0.3, 0.4) is 0 Å². The van der Waals surface area contributed by atoms with Crippen molar-refractivity contribution in [3.05, 3.63) is 0 Å². The van der Waals surface area contributed by atoms with Crippen LogP contribution in [-0.2, 0) is 4.79 Å². The summed E-state index contributed by atoms with van der Waals surface area (Å²) in [5.74, 6) is -3.47. The average Bonchev–Trinajstić information content (AvgIpc) is 2.58. The molecular weight excluding hydrogens is 342 g/mol. The van der Waals surface area contributed by atoms with Gasteiger partial charge in [-0.1, -0.05) is 0 Å². The maximum Gasteiger partial charge on any atom is 0.160 e. The number of aliphatic hydroxyl groups excluding tert-OH is 9. The van der Waals surface area contributed by atoms with Gasteiger partial charge in [0.15, 0.2) is 5.78 Å². The number of hydrogen-bond donors (Lipinski definition) is 10. The third kappa shape index (κ3) is 3.45. The summed E-state index contributed by atoms with van der Waals surface area (Å²) >= 11 is 0. The van der Waals surface area contributed by atoms with E-state index in [9.17, 15) is 50.8 Å². The van der Waals surface area contributed by atoms with Crippen molar-refractivity contribution in [1.29, 1.82) is 0 Å². The van der Waals surface area contributed by atoms with Crippen molar-refractivity contribution in [3.8, 4) is 0 Å². The summed E-state index contributed by atoms with van der Waals surface area (Å²) in [6.45, 7) is -1.51. The molecule has 0 bridgehead atoms. The highest BCUT2D eigenvalue weighted by atomic mass is 16.4. The van der Waals surface area contributed by atoms with E-state index in [0.717, 1.165) is 0 Å². The highest BCUT2D eigenvalue weighted by Crippen LogP contribution is 2.29. The zero-order valence-electron chi connectivity index (χ0n) is 13.2. The van der Waals surface area contributed by atoms with Crippen LogP contribution >= 0.6 is 0 Å². The Hall–Kier alpha value is -0.730. The SMILES string of the molecule is O=C1C(CO)C(O)C(O)C(O)C1NC1C(O)C(O)C(O)C(CO)C1O. The third-order valence-corrected chi connectivity index (χ3v) is 5.22. The predicted octanol–water partition coefficient (Wildman–Crippen LogP) is -6.35. The maximum atomic E-state index is 12.3. The largest absolute Gasteiger partial charge is 0.396 e. The molecule has 2 rings (SSSR count). The Bertz CT molecular complexity index is 479. The standard InChI is InChI=1S/C14H25NO10/c16-1-3-7(18)5(11(22)13(24)9(3)20)15-6-8(19)4(2-17)10(21)14(25)12(6)23/h3-7,9-18,20-25H,1-2H2. The van der Waals surface area contributed by atoms with E-state index in [4.69, 9.17) is 0 Å². The molecule has 2 aliphatic rings. The fourth-order valence-electron chi connectivity index (χ4n) is 3.54. The lowest BCUT2D eigenvalue weighted by molar-refractivity contribution is -0.184. The quantitative estimate of drug-likeness (QED) is 0.226. The van der Waals surface area contributed by atoms with Crippen molar-refractivity contribution < 1.29 is 50.8 Å². The smallest absolute Gasteiger partial charge is 0.160 e. The fourth-order valence-corrected chi connectivity index (χ4v) is 3.54. The van der Waals surface area contributed by atoms with E-state index in [1.165, 1.54) is 0 Å². The summed E-state index contributed by atoms with van der Waals surface area (Å²) in [7, 11) is 0. The molecule has 0 heterocycles. The zero-order chi connectivity index (χ0) is 19.0. The van der Waals surface area contributed by atoms with Gasteiger partial charge in [0.25, 0.3) is 0 Å². The molecule has 10 N–H and O–H groups in total. The molecule has 0 amide bonds. The molecule has 25 heavy (non-hydrogen) atoms. The van der Waals surface area contributed by atoms with Crippen molar-refractivity contribution in [2.75, 3.05) is 13.2 Å². The van der Waals surface area contributed by atoms with Gasteiger partial charge in [0.05, 0.1) is 49.5 Å². The topological polar surface area (TPSA) is 211 Å². The summed E-state index contributed by atoms with van der Waals surface area (Å²) < 4.78 is 0. The van der Waals surface area contributed by atoms with Gasteiger partial charge >= 0.3 is 0 Å². The first-order valence-corrected chi connectivity index (χ1v) is 7.95. The first-order valence-electron chi connectivity index (χ1n) is 7.95. The molecule has 146 valence electrons. The molecule has 0 aromatic heterocycles. The van der Waals surface area contributed by atoms with Crippen molar-refractivity contribution >= 4 is 5.78 Å². The second-order valence-corrected chi connectivity index (χ2v) is 6.64. The first-order chi connectivity index (χ1) is 11.7. The first kappa shape index (κ1) is 20.6. The summed E-state index contributed by atoms with van der Waals surface area (Å²) in [6, 6.07) is -2.99. The minimum absolute atomic E-state index is 0.716. The van der Waals surface area contributed by atoms with Crippen LogP contribution in [0, 0.1) is 11.8 Å². The van der Waals surface area contributed by atoms with E-state index < -0.39 is 85.6 Å². The van der Waals surface area contributed by atoms with E-state index >= 15 is 0 Å².